The fourth-order valence-electron chi connectivity index (χ4n) is 3.51. The quantitative estimate of drug-likeness (QED) is 0.645. The third-order valence-corrected chi connectivity index (χ3v) is 5.63. The van der Waals surface area contributed by atoms with Crippen molar-refractivity contribution >= 4 is 45.3 Å². The van der Waals surface area contributed by atoms with E-state index in [1.54, 1.807) is 13.0 Å². The van der Waals surface area contributed by atoms with Crippen LogP contribution in [-0.4, -0.2) is 51.9 Å². The summed E-state index contributed by atoms with van der Waals surface area (Å²) < 4.78 is 16.2. The number of halogens is 2. The van der Waals surface area contributed by atoms with Gasteiger partial charge in [0.15, 0.2) is 0 Å². The maximum Gasteiger partial charge on any atom is 0.359 e. The molecule has 3 heterocycles. The first-order valence-corrected chi connectivity index (χ1v) is 8.55. The minimum atomic E-state index is -0.315. The smallest absolute Gasteiger partial charge is 0.359 e. The minimum absolute atomic E-state index is 0.168. The number of fused-ring (bicyclic) bond motifs is 2. The summed E-state index contributed by atoms with van der Waals surface area (Å²) in [7, 11) is 2.08. The zero-order valence-corrected chi connectivity index (χ0v) is 15.1. The van der Waals surface area contributed by atoms with Crippen molar-refractivity contribution in [2.75, 3.05) is 43.4 Å². The highest BCUT2D eigenvalue weighted by atomic mass is 127. The van der Waals surface area contributed by atoms with E-state index >= 15 is 0 Å². The number of likely N-dealkylation sites (N-methyl/N-ethyl adjacent to an activating group) is 1. The number of hydrogen-bond donors (Lipinski definition) is 1. The van der Waals surface area contributed by atoms with Crippen LogP contribution in [0, 0.1) is 12.7 Å². The molecular weight excluding hydrogens is 412 g/mol. The molecule has 1 atom stereocenters. The van der Waals surface area contributed by atoms with Crippen molar-refractivity contribution in [3.63, 3.8) is 0 Å². The second kappa shape index (κ2) is 5.30. The molecule has 122 valence electrons. The van der Waals surface area contributed by atoms with Crippen LogP contribution in [0.1, 0.15) is 5.56 Å². The number of benzene rings is 1. The van der Waals surface area contributed by atoms with E-state index in [0.717, 1.165) is 19.6 Å². The molecular formula is C15H17FIN5O. The Labute approximate surface area is 146 Å². The van der Waals surface area contributed by atoms with Gasteiger partial charge in [0.25, 0.3) is 0 Å². The Bertz CT molecular complexity index is 867. The number of rotatable bonds is 0. The number of aromatic nitrogens is 2. The third kappa shape index (κ3) is 2.22. The summed E-state index contributed by atoms with van der Waals surface area (Å²) in [4.78, 5) is 21.0. The first-order chi connectivity index (χ1) is 11.0. The Morgan fingerprint density at radius 3 is 3.00 bits per heavy atom. The van der Waals surface area contributed by atoms with Gasteiger partial charge in [0, 0.05) is 26.2 Å². The lowest BCUT2D eigenvalue weighted by molar-refractivity contribution is 0.272. The summed E-state index contributed by atoms with van der Waals surface area (Å²) in [6.07, 6.45) is 0. The Morgan fingerprint density at radius 1 is 1.43 bits per heavy atom. The highest BCUT2D eigenvalue weighted by Gasteiger charge is 2.33. The monoisotopic (exact) mass is 429 g/mol. The molecule has 0 radical (unpaired) electrons. The number of nitrogens with zero attached hydrogens (tertiary/aromatic N) is 4. The highest BCUT2D eigenvalue weighted by Crippen LogP contribution is 2.38. The molecule has 0 aliphatic carbocycles. The fourth-order valence-corrected chi connectivity index (χ4v) is 4.00. The van der Waals surface area contributed by atoms with Crippen molar-refractivity contribution in [3.8, 4) is 0 Å². The van der Waals surface area contributed by atoms with Crippen molar-refractivity contribution < 1.29 is 4.39 Å². The van der Waals surface area contributed by atoms with E-state index in [0.29, 0.717) is 34.5 Å². The third-order valence-electron chi connectivity index (χ3n) is 4.70. The highest BCUT2D eigenvalue weighted by molar-refractivity contribution is 14.1. The number of piperazine rings is 1. The van der Waals surface area contributed by atoms with Crippen LogP contribution in [-0.2, 0) is 0 Å². The van der Waals surface area contributed by atoms with E-state index < -0.39 is 0 Å². The Balaban J connectivity index is 2.06. The molecule has 0 saturated carbocycles. The van der Waals surface area contributed by atoms with Crippen LogP contribution in [0.3, 0.4) is 0 Å². The number of nitrogens with one attached hydrogen (secondary N) is 1. The number of hydrogen-bond acceptors (Lipinski definition) is 5. The zero-order chi connectivity index (χ0) is 16.3. The molecule has 1 aromatic heterocycles. The average molecular weight is 429 g/mol. The SMILES string of the molecule is Cc1cc2c3c(nc(=O)n2I)N2CCN(C)CC2CNc3c1F. The largest absolute Gasteiger partial charge is 0.380 e. The van der Waals surface area contributed by atoms with Crippen LogP contribution in [0.25, 0.3) is 10.9 Å². The van der Waals surface area contributed by atoms with Crippen LogP contribution < -0.4 is 15.9 Å². The Kier molecular flexibility index (Phi) is 3.49. The van der Waals surface area contributed by atoms with Gasteiger partial charge in [0.1, 0.15) is 11.6 Å². The first kappa shape index (κ1) is 15.1. The summed E-state index contributed by atoms with van der Waals surface area (Å²) in [5.41, 5.74) is 1.38. The lowest BCUT2D eigenvalue weighted by Crippen LogP contribution is -2.54. The molecule has 2 aliphatic heterocycles. The maximum absolute atomic E-state index is 14.7. The summed E-state index contributed by atoms with van der Waals surface area (Å²) in [5, 5.41) is 3.97. The molecule has 8 heteroatoms. The van der Waals surface area contributed by atoms with Crippen molar-refractivity contribution in [2.24, 2.45) is 0 Å². The zero-order valence-electron chi connectivity index (χ0n) is 12.9. The van der Waals surface area contributed by atoms with Gasteiger partial charge in [0.2, 0.25) is 0 Å². The molecule has 1 saturated heterocycles. The van der Waals surface area contributed by atoms with Crippen molar-refractivity contribution in [3.05, 3.63) is 27.9 Å². The van der Waals surface area contributed by atoms with E-state index in [9.17, 15) is 9.18 Å². The molecule has 0 bridgehead atoms. The van der Waals surface area contributed by atoms with E-state index in [2.05, 4.69) is 27.1 Å². The topological polar surface area (TPSA) is 53.4 Å². The predicted molar refractivity (Wildman–Crippen MR) is 97.2 cm³/mol. The van der Waals surface area contributed by atoms with Crippen LogP contribution in [0.15, 0.2) is 10.9 Å². The second-order valence-corrected chi connectivity index (χ2v) is 7.23. The lowest BCUT2D eigenvalue weighted by Gasteiger charge is -2.39. The van der Waals surface area contributed by atoms with Gasteiger partial charge in [-0.2, -0.15) is 4.98 Å². The van der Waals surface area contributed by atoms with Gasteiger partial charge >= 0.3 is 5.69 Å². The summed E-state index contributed by atoms with van der Waals surface area (Å²) in [5.74, 6) is 0.346. The number of aryl methyl sites for hydroxylation is 1. The second-order valence-electron chi connectivity index (χ2n) is 6.27. The van der Waals surface area contributed by atoms with E-state index in [4.69, 9.17) is 0 Å². The van der Waals surface area contributed by atoms with Crippen molar-refractivity contribution in [1.29, 1.82) is 0 Å². The fraction of sp³-hybridized carbons (Fsp3) is 0.467. The van der Waals surface area contributed by atoms with Gasteiger partial charge < -0.3 is 15.1 Å². The molecule has 2 aliphatic rings. The molecule has 1 aromatic carbocycles. The first-order valence-electron chi connectivity index (χ1n) is 7.58. The molecule has 0 spiro atoms. The predicted octanol–water partition coefficient (Wildman–Crippen LogP) is 1.59. The van der Waals surface area contributed by atoms with Crippen LogP contribution >= 0.6 is 22.9 Å². The summed E-state index contributed by atoms with van der Waals surface area (Å²) >= 11 is 1.93. The summed E-state index contributed by atoms with van der Waals surface area (Å²) in [6.45, 7) is 4.89. The van der Waals surface area contributed by atoms with Crippen molar-refractivity contribution in [2.45, 2.75) is 13.0 Å². The molecule has 1 fully saturated rings. The van der Waals surface area contributed by atoms with Crippen molar-refractivity contribution in [1.82, 2.24) is 12.7 Å². The van der Waals surface area contributed by atoms with Gasteiger partial charge in [-0.3, -0.25) is 0 Å². The molecule has 0 amide bonds. The summed E-state index contributed by atoms with van der Waals surface area (Å²) in [6, 6.07) is 1.90. The van der Waals surface area contributed by atoms with Gasteiger partial charge in [-0.15, -0.1) is 0 Å². The molecule has 4 rings (SSSR count). The molecule has 2 aromatic rings. The lowest BCUT2D eigenvalue weighted by atomic mass is 10.1. The Hall–Kier alpha value is -1.42. The Morgan fingerprint density at radius 2 is 2.22 bits per heavy atom. The molecule has 1 unspecified atom stereocenters. The normalized spacial score (nSPS) is 21.0. The van der Waals surface area contributed by atoms with Gasteiger partial charge in [-0.1, -0.05) is 0 Å². The van der Waals surface area contributed by atoms with E-state index in [-0.39, 0.29) is 17.5 Å². The van der Waals surface area contributed by atoms with Gasteiger partial charge in [0.05, 0.1) is 45.5 Å². The minimum Gasteiger partial charge on any atom is -0.380 e. The van der Waals surface area contributed by atoms with Crippen LogP contribution in [0.5, 0.6) is 0 Å². The van der Waals surface area contributed by atoms with Crippen LogP contribution in [0.2, 0.25) is 0 Å². The average Bonchev–Trinajstić information content (AvgIpc) is 2.67. The van der Waals surface area contributed by atoms with E-state index in [1.807, 2.05) is 22.9 Å². The molecule has 1 N–H and O–H groups in total. The maximum atomic E-state index is 14.7. The number of anilines is 2. The molecule has 6 nitrogen and oxygen atoms in total. The molecule has 23 heavy (non-hydrogen) atoms. The standard InChI is InChI=1S/C15H17FIN5O/c1-8-5-10-11-13(12(8)16)18-6-9-7-20(2)3-4-21(9)14(11)19-15(23)22(10)17/h5,9,18H,3-4,6-7H2,1-2H3. The van der Waals surface area contributed by atoms with Gasteiger partial charge in [-0.05, 0) is 25.6 Å². The van der Waals surface area contributed by atoms with Gasteiger partial charge in [-0.25, -0.2) is 12.0 Å². The van der Waals surface area contributed by atoms with E-state index in [1.165, 1.54) is 2.78 Å². The van der Waals surface area contributed by atoms with Crippen LogP contribution in [0.4, 0.5) is 15.9 Å².